The van der Waals surface area contributed by atoms with Gasteiger partial charge in [0, 0.05) is 13.1 Å². The summed E-state index contributed by atoms with van der Waals surface area (Å²) < 4.78 is 0. The zero-order valence-corrected chi connectivity index (χ0v) is 10.4. The first kappa shape index (κ1) is 14.7. The van der Waals surface area contributed by atoms with E-state index in [2.05, 4.69) is 5.32 Å². The van der Waals surface area contributed by atoms with Crippen molar-refractivity contribution in [2.75, 3.05) is 19.7 Å². The first-order valence-electron chi connectivity index (χ1n) is 5.97. The van der Waals surface area contributed by atoms with Crippen molar-refractivity contribution in [1.82, 2.24) is 10.2 Å². The molecule has 0 aromatic carbocycles. The quantitative estimate of drug-likeness (QED) is 0.540. The molecule has 1 heterocycles. The predicted molar refractivity (Wildman–Crippen MR) is 63.1 cm³/mol. The molecule has 1 aliphatic rings. The van der Waals surface area contributed by atoms with Crippen molar-refractivity contribution in [2.24, 2.45) is 0 Å². The molecule has 0 saturated carbocycles. The van der Waals surface area contributed by atoms with E-state index < -0.39 is 30.3 Å². The van der Waals surface area contributed by atoms with Crippen molar-refractivity contribution < 1.29 is 24.9 Å². The van der Waals surface area contributed by atoms with E-state index in [4.69, 9.17) is 10.2 Å². The maximum Gasteiger partial charge on any atom is 0.328 e. The summed E-state index contributed by atoms with van der Waals surface area (Å²) in [6, 6.07) is -1.81. The molecule has 7 nitrogen and oxygen atoms in total. The van der Waals surface area contributed by atoms with Gasteiger partial charge in [0.05, 0.1) is 12.2 Å². The number of carbonyl (C=O) groups excluding carboxylic acids is 1. The summed E-state index contributed by atoms with van der Waals surface area (Å²) in [4.78, 5) is 23.9. The van der Waals surface area contributed by atoms with Gasteiger partial charge in [0.1, 0.15) is 0 Å². The van der Waals surface area contributed by atoms with Crippen LogP contribution in [0, 0.1) is 0 Å². The van der Waals surface area contributed by atoms with Gasteiger partial charge in [-0.15, -0.1) is 0 Å². The Kier molecular flexibility index (Phi) is 4.92. The van der Waals surface area contributed by atoms with Crippen molar-refractivity contribution >= 4 is 12.0 Å². The standard InChI is InChI=1S/C11H20N2O5/c1-11(18)3-2-5-13(6-4-11)10(17)12-8(7-14)9(15)16/h8,14,18H,2-7H2,1H3,(H,12,17)(H,15,16)/t8-,11?/m1/s1. The fourth-order valence-corrected chi connectivity index (χ4v) is 1.89. The van der Waals surface area contributed by atoms with E-state index in [1.54, 1.807) is 6.92 Å². The average Bonchev–Trinajstić information content (AvgIpc) is 2.46. The summed E-state index contributed by atoms with van der Waals surface area (Å²) in [5, 5.41) is 29.7. The van der Waals surface area contributed by atoms with E-state index >= 15 is 0 Å². The number of rotatable bonds is 3. The number of urea groups is 1. The lowest BCUT2D eigenvalue weighted by Gasteiger charge is -2.24. The number of nitrogens with one attached hydrogen (secondary N) is 1. The molecule has 1 rings (SSSR count). The largest absolute Gasteiger partial charge is 0.480 e. The van der Waals surface area contributed by atoms with Crippen molar-refractivity contribution in [2.45, 2.75) is 37.8 Å². The summed E-state index contributed by atoms with van der Waals surface area (Å²) in [5.41, 5.74) is -0.780. The highest BCUT2D eigenvalue weighted by Crippen LogP contribution is 2.21. The number of hydrogen-bond donors (Lipinski definition) is 4. The van der Waals surface area contributed by atoms with E-state index in [0.717, 1.165) is 0 Å². The summed E-state index contributed by atoms with van der Waals surface area (Å²) in [5.74, 6) is -1.27. The highest BCUT2D eigenvalue weighted by Gasteiger charge is 2.28. The van der Waals surface area contributed by atoms with Crippen molar-refractivity contribution in [1.29, 1.82) is 0 Å². The summed E-state index contributed by atoms with van der Waals surface area (Å²) in [7, 11) is 0. The molecule has 104 valence electrons. The van der Waals surface area contributed by atoms with Crippen molar-refractivity contribution in [3.63, 3.8) is 0 Å². The van der Waals surface area contributed by atoms with Gasteiger partial charge in [-0.2, -0.15) is 0 Å². The molecule has 2 amide bonds. The second-order valence-corrected chi connectivity index (χ2v) is 4.86. The van der Waals surface area contributed by atoms with Gasteiger partial charge in [0.2, 0.25) is 0 Å². The molecular formula is C11H20N2O5. The number of likely N-dealkylation sites (tertiary alicyclic amines) is 1. The molecule has 1 fully saturated rings. The fraction of sp³-hybridized carbons (Fsp3) is 0.818. The number of aliphatic carboxylic acids is 1. The molecule has 0 spiro atoms. The van der Waals surface area contributed by atoms with Gasteiger partial charge >= 0.3 is 12.0 Å². The maximum atomic E-state index is 11.8. The summed E-state index contributed by atoms with van der Waals surface area (Å²) in [6.07, 6.45) is 1.73. The highest BCUT2D eigenvalue weighted by atomic mass is 16.4. The van der Waals surface area contributed by atoms with E-state index in [1.165, 1.54) is 4.90 Å². The summed E-state index contributed by atoms with van der Waals surface area (Å²) >= 11 is 0. The van der Waals surface area contributed by atoms with Crippen LogP contribution in [0.5, 0.6) is 0 Å². The number of carboxylic acid groups (broad SMARTS) is 1. The van der Waals surface area contributed by atoms with Crippen LogP contribution in [-0.4, -0.2) is 63.6 Å². The Hall–Kier alpha value is -1.34. The zero-order valence-electron chi connectivity index (χ0n) is 10.4. The minimum atomic E-state index is -1.29. The van der Waals surface area contributed by atoms with Gasteiger partial charge in [-0.05, 0) is 26.2 Å². The summed E-state index contributed by atoms with van der Waals surface area (Å²) in [6.45, 7) is 1.92. The smallest absolute Gasteiger partial charge is 0.328 e. The number of carboxylic acids is 1. The lowest BCUT2D eigenvalue weighted by molar-refractivity contribution is -0.140. The third kappa shape index (κ3) is 4.15. The SMILES string of the molecule is CC1(O)CCCN(C(=O)N[C@H](CO)C(=O)O)CC1. The second-order valence-electron chi connectivity index (χ2n) is 4.86. The first-order chi connectivity index (χ1) is 8.35. The van der Waals surface area contributed by atoms with Crippen LogP contribution in [0.25, 0.3) is 0 Å². The second kappa shape index (κ2) is 6.01. The van der Waals surface area contributed by atoms with Gasteiger partial charge in [-0.1, -0.05) is 0 Å². The van der Waals surface area contributed by atoms with Crippen LogP contribution >= 0.6 is 0 Å². The maximum absolute atomic E-state index is 11.8. The lowest BCUT2D eigenvalue weighted by atomic mass is 9.98. The fourth-order valence-electron chi connectivity index (χ4n) is 1.89. The Labute approximate surface area is 105 Å². The van der Waals surface area contributed by atoms with Gasteiger partial charge in [0.15, 0.2) is 6.04 Å². The number of carbonyl (C=O) groups is 2. The van der Waals surface area contributed by atoms with Crippen molar-refractivity contribution in [3.8, 4) is 0 Å². The van der Waals surface area contributed by atoms with Crippen molar-refractivity contribution in [3.05, 3.63) is 0 Å². The molecule has 0 aromatic heterocycles. The third-order valence-electron chi connectivity index (χ3n) is 3.13. The first-order valence-corrected chi connectivity index (χ1v) is 5.97. The Balaban J connectivity index is 2.54. The molecule has 0 radical (unpaired) electrons. The molecule has 1 aliphatic heterocycles. The number of hydrogen-bond acceptors (Lipinski definition) is 4. The van der Waals surface area contributed by atoms with Crippen LogP contribution in [0.1, 0.15) is 26.2 Å². The van der Waals surface area contributed by atoms with Crippen LogP contribution < -0.4 is 5.32 Å². The van der Waals surface area contributed by atoms with Crippen LogP contribution in [-0.2, 0) is 4.79 Å². The predicted octanol–water partition coefficient (Wildman–Crippen LogP) is -0.622. The monoisotopic (exact) mass is 260 g/mol. The molecule has 4 N–H and O–H groups in total. The van der Waals surface area contributed by atoms with E-state index in [9.17, 15) is 14.7 Å². The molecular weight excluding hydrogens is 240 g/mol. The van der Waals surface area contributed by atoms with Crippen LogP contribution in [0.2, 0.25) is 0 Å². The molecule has 0 aliphatic carbocycles. The Bertz CT molecular complexity index is 319. The highest BCUT2D eigenvalue weighted by molar-refractivity contribution is 5.82. The Morgan fingerprint density at radius 2 is 2.06 bits per heavy atom. The molecule has 1 saturated heterocycles. The van der Waals surface area contributed by atoms with E-state index in [-0.39, 0.29) is 0 Å². The van der Waals surface area contributed by atoms with Gasteiger partial charge < -0.3 is 25.5 Å². The topological polar surface area (TPSA) is 110 Å². The zero-order chi connectivity index (χ0) is 13.8. The number of aliphatic hydroxyl groups is 2. The minimum absolute atomic E-state index is 0.372. The third-order valence-corrected chi connectivity index (χ3v) is 3.13. The van der Waals surface area contributed by atoms with Crippen LogP contribution in [0.3, 0.4) is 0 Å². The van der Waals surface area contributed by atoms with Gasteiger partial charge in [0.25, 0.3) is 0 Å². The molecule has 18 heavy (non-hydrogen) atoms. The molecule has 1 unspecified atom stereocenters. The normalized spacial score (nSPS) is 26.3. The van der Waals surface area contributed by atoms with Gasteiger partial charge in [-0.3, -0.25) is 0 Å². The number of aliphatic hydroxyl groups excluding tert-OH is 1. The Morgan fingerprint density at radius 3 is 2.61 bits per heavy atom. The minimum Gasteiger partial charge on any atom is -0.480 e. The molecule has 7 heteroatoms. The van der Waals surface area contributed by atoms with Crippen LogP contribution in [0.4, 0.5) is 4.79 Å². The van der Waals surface area contributed by atoms with E-state index in [0.29, 0.717) is 32.4 Å². The molecule has 0 aromatic rings. The molecule has 0 bridgehead atoms. The Morgan fingerprint density at radius 1 is 1.39 bits per heavy atom. The molecule has 2 atom stereocenters. The number of nitrogens with zero attached hydrogens (tertiary/aromatic N) is 1. The van der Waals surface area contributed by atoms with E-state index in [1.807, 2.05) is 0 Å². The average molecular weight is 260 g/mol. The van der Waals surface area contributed by atoms with Gasteiger partial charge in [-0.25, -0.2) is 9.59 Å². The number of amides is 2. The lowest BCUT2D eigenvalue weighted by Crippen LogP contribution is -2.50. The van der Waals surface area contributed by atoms with Crippen LogP contribution in [0.15, 0.2) is 0 Å².